The fourth-order valence-electron chi connectivity index (χ4n) is 2.64. The first-order chi connectivity index (χ1) is 11.5. The summed E-state index contributed by atoms with van der Waals surface area (Å²) in [5.41, 5.74) is 0.660. The maximum atomic E-state index is 12.3. The van der Waals surface area contributed by atoms with E-state index < -0.39 is 16.7 Å². The molecule has 1 aliphatic heterocycles. The van der Waals surface area contributed by atoms with E-state index in [1.54, 1.807) is 42.3 Å². The zero-order valence-electron chi connectivity index (χ0n) is 12.7. The molecular formula is C17H13N3O4. The first-order valence-corrected chi connectivity index (χ1v) is 7.13. The van der Waals surface area contributed by atoms with Crippen LogP contribution < -0.4 is 10.2 Å². The highest BCUT2D eigenvalue weighted by Crippen LogP contribution is 2.33. The normalized spacial score (nSPS) is 13.9. The van der Waals surface area contributed by atoms with Crippen LogP contribution in [0.3, 0.4) is 0 Å². The van der Waals surface area contributed by atoms with Crippen molar-refractivity contribution in [3.8, 4) is 0 Å². The number of carbonyl (C=O) groups is 2. The summed E-state index contributed by atoms with van der Waals surface area (Å²) in [6.07, 6.45) is 0. The lowest BCUT2D eigenvalue weighted by Gasteiger charge is -2.20. The summed E-state index contributed by atoms with van der Waals surface area (Å²) >= 11 is 0. The summed E-state index contributed by atoms with van der Waals surface area (Å²) < 4.78 is 0. The van der Waals surface area contributed by atoms with Gasteiger partial charge in [0.2, 0.25) is 0 Å². The van der Waals surface area contributed by atoms with Crippen LogP contribution in [0, 0.1) is 10.1 Å². The van der Waals surface area contributed by atoms with Gasteiger partial charge in [0.15, 0.2) is 0 Å². The number of carbonyl (C=O) groups excluding carboxylic acids is 2. The summed E-state index contributed by atoms with van der Waals surface area (Å²) in [4.78, 5) is 36.8. The zero-order chi connectivity index (χ0) is 17.3. The second-order valence-electron chi connectivity index (χ2n) is 5.18. The van der Waals surface area contributed by atoms with Gasteiger partial charge in [-0.2, -0.15) is 0 Å². The van der Waals surface area contributed by atoms with Crippen LogP contribution in [0.4, 0.5) is 11.4 Å². The van der Waals surface area contributed by atoms with Gasteiger partial charge in [0.05, 0.1) is 16.1 Å². The third kappa shape index (κ3) is 2.52. The number of amides is 2. The van der Waals surface area contributed by atoms with Crippen molar-refractivity contribution >= 4 is 28.8 Å². The van der Waals surface area contributed by atoms with E-state index in [1.807, 2.05) is 6.07 Å². The average molecular weight is 323 g/mol. The molecule has 1 N–H and O–H groups in total. The number of nitrogens with zero attached hydrogens (tertiary/aromatic N) is 2. The minimum absolute atomic E-state index is 0.00125. The Morgan fingerprint density at radius 1 is 0.958 bits per heavy atom. The third-order valence-electron chi connectivity index (χ3n) is 3.75. The lowest BCUT2D eigenvalue weighted by Crippen LogP contribution is -2.28. The van der Waals surface area contributed by atoms with Crippen LogP contribution in [0.25, 0.3) is 5.57 Å². The van der Waals surface area contributed by atoms with E-state index in [0.29, 0.717) is 5.69 Å². The van der Waals surface area contributed by atoms with Crippen molar-refractivity contribution in [2.45, 2.75) is 0 Å². The van der Waals surface area contributed by atoms with Gasteiger partial charge >= 0.3 is 0 Å². The van der Waals surface area contributed by atoms with Crippen LogP contribution in [0.1, 0.15) is 5.56 Å². The van der Waals surface area contributed by atoms with Crippen molar-refractivity contribution in [3.63, 3.8) is 0 Å². The Kier molecular flexibility index (Phi) is 3.83. The number of rotatable bonds is 4. The molecule has 7 nitrogen and oxygen atoms in total. The minimum Gasteiger partial charge on any atom is -0.339 e. The van der Waals surface area contributed by atoms with Crippen LogP contribution in [0.5, 0.6) is 0 Å². The smallest absolute Gasteiger partial charge is 0.277 e. The number of likely N-dealkylation sites (N-methyl/N-ethyl adjacent to an activating group) is 1. The van der Waals surface area contributed by atoms with E-state index in [2.05, 4.69) is 5.32 Å². The number of nitro benzene ring substituents is 1. The summed E-state index contributed by atoms with van der Waals surface area (Å²) in [7, 11) is 1.64. The number of anilines is 1. The third-order valence-corrected chi connectivity index (χ3v) is 3.75. The fourth-order valence-corrected chi connectivity index (χ4v) is 2.64. The predicted octanol–water partition coefficient (Wildman–Crippen LogP) is 2.10. The summed E-state index contributed by atoms with van der Waals surface area (Å²) in [5.74, 6) is -1.23. The molecule has 0 aliphatic carbocycles. The van der Waals surface area contributed by atoms with Gasteiger partial charge in [-0.1, -0.05) is 30.3 Å². The molecule has 1 aliphatic rings. The second kappa shape index (κ2) is 5.96. The second-order valence-corrected chi connectivity index (χ2v) is 5.18. The molecule has 0 spiro atoms. The molecule has 0 atom stereocenters. The van der Waals surface area contributed by atoms with E-state index >= 15 is 0 Å². The number of hydrogen-bond acceptors (Lipinski definition) is 5. The van der Waals surface area contributed by atoms with Crippen LogP contribution in [-0.2, 0) is 9.59 Å². The predicted molar refractivity (Wildman–Crippen MR) is 88.0 cm³/mol. The summed E-state index contributed by atoms with van der Waals surface area (Å²) in [5, 5.41) is 13.5. The number of hydrogen-bond donors (Lipinski definition) is 1. The Hall–Kier alpha value is -3.48. The Labute approximate surface area is 137 Å². The van der Waals surface area contributed by atoms with Gasteiger partial charge in [-0.05, 0) is 18.2 Å². The molecular weight excluding hydrogens is 310 g/mol. The molecule has 24 heavy (non-hydrogen) atoms. The van der Waals surface area contributed by atoms with Crippen molar-refractivity contribution in [2.24, 2.45) is 0 Å². The van der Waals surface area contributed by atoms with Gasteiger partial charge in [-0.25, -0.2) is 0 Å². The zero-order valence-corrected chi connectivity index (χ0v) is 12.7. The van der Waals surface area contributed by atoms with Crippen LogP contribution in [0.15, 0.2) is 60.3 Å². The van der Waals surface area contributed by atoms with Gasteiger partial charge in [0.25, 0.3) is 17.5 Å². The molecule has 0 saturated heterocycles. The average Bonchev–Trinajstić information content (AvgIpc) is 2.88. The van der Waals surface area contributed by atoms with Crippen molar-refractivity contribution in [3.05, 3.63) is 76.0 Å². The van der Waals surface area contributed by atoms with Gasteiger partial charge in [-0.15, -0.1) is 0 Å². The SMILES string of the molecule is CN(C1=C(c2ccccc2[N+](=O)[O-])C(=O)NC1=O)c1ccccc1. The molecule has 7 heteroatoms. The monoisotopic (exact) mass is 323 g/mol. The molecule has 1 heterocycles. The van der Waals surface area contributed by atoms with Crippen molar-refractivity contribution in [2.75, 3.05) is 11.9 Å². The van der Waals surface area contributed by atoms with Crippen LogP contribution in [0.2, 0.25) is 0 Å². The Morgan fingerprint density at radius 2 is 1.58 bits per heavy atom. The topological polar surface area (TPSA) is 92.5 Å². The number of benzene rings is 2. The van der Waals surface area contributed by atoms with E-state index in [4.69, 9.17) is 0 Å². The Bertz CT molecular complexity index is 874. The standard InChI is InChI=1S/C17H13N3O4/c1-19(11-7-3-2-4-8-11)15-14(16(21)18-17(15)22)12-9-5-6-10-13(12)20(23)24/h2-10H,1H3,(H,18,21,22). The lowest BCUT2D eigenvalue weighted by molar-refractivity contribution is -0.385. The highest BCUT2D eigenvalue weighted by atomic mass is 16.6. The molecule has 0 bridgehead atoms. The van der Waals surface area contributed by atoms with Gasteiger partial charge in [0, 0.05) is 18.8 Å². The Morgan fingerprint density at radius 3 is 2.25 bits per heavy atom. The summed E-state index contributed by atoms with van der Waals surface area (Å²) in [6, 6.07) is 14.8. The van der Waals surface area contributed by atoms with E-state index in [-0.39, 0.29) is 22.5 Å². The molecule has 0 fully saturated rings. The maximum absolute atomic E-state index is 12.3. The Balaban J connectivity index is 2.22. The molecule has 2 aromatic carbocycles. The quantitative estimate of drug-likeness (QED) is 0.528. The first-order valence-electron chi connectivity index (χ1n) is 7.13. The van der Waals surface area contributed by atoms with E-state index in [0.717, 1.165) is 0 Å². The molecule has 120 valence electrons. The molecule has 2 aromatic rings. The van der Waals surface area contributed by atoms with Gasteiger partial charge in [0.1, 0.15) is 5.70 Å². The summed E-state index contributed by atoms with van der Waals surface area (Å²) in [6.45, 7) is 0. The molecule has 2 amide bonds. The fraction of sp³-hybridized carbons (Fsp3) is 0.0588. The van der Waals surface area contributed by atoms with Crippen molar-refractivity contribution in [1.82, 2.24) is 5.32 Å². The first kappa shape index (κ1) is 15.4. The van der Waals surface area contributed by atoms with Crippen molar-refractivity contribution < 1.29 is 14.5 Å². The van der Waals surface area contributed by atoms with Gasteiger partial charge in [-0.3, -0.25) is 25.0 Å². The molecule has 0 radical (unpaired) electrons. The van der Waals surface area contributed by atoms with Gasteiger partial charge < -0.3 is 4.90 Å². The molecule has 0 saturated carbocycles. The van der Waals surface area contributed by atoms with Crippen LogP contribution in [-0.4, -0.2) is 23.8 Å². The highest BCUT2D eigenvalue weighted by molar-refractivity contribution is 6.37. The number of para-hydroxylation sites is 2. The lowest BCUT2D eigenvalue weighted by atomic mass is 10.0. The maximum Gasteiger partial charge on any atom is 0.277 e. The number of nitrogens with one attached hydrogen (secondary N) is 1. The molecule has 0 unspecified atom stereocenters. The van der Waals surface area contributed by atoms with Crippen molar-refractivity contribution in [1.29, 1.82) is 0 Å². The number of imide groups is 1. The number of nitro groups is 1. The largest absolute Gasteiger partial charge is 0.339 e. The minimum atomic E-state index is -0.646. The highest BCUT2D eigenvalue weighted by Gasteiger charge is 2.37. The van der Waals surface area contributed by atoms with E-state index in [9.17, 15) is 19.7 Å². The molecule has 0 aromatic heterocycles. The molecule has 3 rings (SSSR count). The van der Waals surface area contributed by atoms with E-state index in [1.165, 1.54) is 18.2 Å². The van der Waals surface area contributed by atoms with Crippen LogP contribution >= 0.6 is 0 Å².